The number of hydrogen-bond acceptors (Lipinski definition) is 2. The quantitative estimate of drug-likeness (QED) is 0.249. The molecule has 0 saturated carbocycles. The van der Waals surface area contributed by atoms with Crippen molar-refractivity contribution in [3.05, 3.63) is 48.5 Å². The molecule has 0 fully saturated rings. The van der Waals surface area contributed by atoms with Crippen LogP contribution in [0.5, 0.6) is 0 Å². The second kappa shape index (κ2) is 13.3. The molecule has 2 heteroatoms. The average Bonchev–Trinajstić information content (AvgIpc) is 2.69. The number of unbranched alkanes of at least 4 members (excludes halogenated alkanes) is 6. The molecule has 0 spiro atoms. The van der Waals surface area contributed by atoms with Crippen molar-refractivity contribution < 1.29 is 0 Å². The highest BCUT2D eigenvalue weighted by molar-refractivity contribution is 7.99. The van der Waals surface area contributed by atoms with Gasteiger partial charge in [-0.05, 0) is 59.7 Å². The smallest absolute Gasteiger partial charge is 0.00723 e. The summed E-state index contributed by atoms with van der Waals surface area (Å²) < 4.78 is 0. The fourth-order valence-corrected chi connectivity index (χ4v) is 4.75. The van der Waals surface area contributed by atoms with E-state index in [0.29, 0.717) is 0 Å². The first-order valence-electron chi connectivity index (χ1n) is 10.3. The maximum atomic E-state index is 2.27. The zero-order valence-electron chi connectivity index (χ0n) is 16.5. The van der Waals surface area contributed by atoms with Crippen molar-refractivity contribution in [3.8, 4) is 11.1 Å². The predicted molar refractivity (Wildman–Crippen MR) is 122 cm³/mol. The summed E-state index contributed by atoms with van der Waals surface area (Å²) in [5, 5.41) is 0. The van der Waals surface area contributed by atoms with Crippen LogP contribution in [0.25, 0.3) is 11.1 Å². The average molecular weight is 387 g/mol. The van der Waals surface area contributed by atoms with Crippen LogP contribution >= 0.6 is 23.5 Å². The highest BCUT2D eigenvalue weighted by Gasteiger charge is 2.01. The van der Waals surface area contributed by atoms with E-state index < -0.39 is 0 Å². The van der Waals surface area contributed by atoms with Gasteiger partial charge in [0, 0.05) is 9.79 Å². The first-order chi connectivity index (χ1) is 12.8. The molecule has 0 atom stereocenters. The van der Waals surface area contributed by atoms with Crippen LogP contribution in [0.1, 0.15) is 65.2 Å². The molecule has 26 heavy (non-hydrogen) atoms. The Bertz CT molecular complexity index is 531. The molecule has 0 radical (unpaired) electrons. The second-order valence-electron chi connectivity index (χ2n) is 6.87. The van der Waals surface area contributed by atoms with Crippen LogP contribution in [0.3, 0.4) is 0 Å². The molecule has 0 aliphatic carbocycles. The minimum absolute atomic E-state index is 1.24. The molecule has 0 aliphatic rings. The summed E-state index contributed by atoms with van der Waals surface area (Å²) in [6.07, 6.45) is 10.8. The van der Waals surface area contributed by atoms with Crippen LogP contribution < -0.4 is 0 Å². The van der Waals surface area contributed by atoms with E-state index in [1.54, 1.807) is 0 Å². The van der Waals surface area contributed by atoms with E-state index in [9.17, 15) is 0 Å². The molecular weight excluding hydrogens is 352 g/mol. The lowest BCUT2D eigenvalue weighted by atomic mass is 10.1. The van der Waals surface area contributed by atoms with Crippen molar-refractivity contribution >= 4 is 23.5 Å². The Labute approximate surface area is 169 Å². The molecule has 2 aromatic carbocycles. The molecule has 142 valence electrons. The van der Waals surface area contributed by atoms with Gasteiger partial charge < -0.3 is 0 Å². The summed E-state index contributed by atoms with van der Waals surface area (Å²) >= 11 is 3.98. The van der Waals surface area contributed by atoms with Crippen molar-refractivity contribution in [2.75, 3.05) is 11.5 Å². The van der Waals surface area contributed by atoms with Gasteiger partial charge in [-0.3, -0.25) is 0 Å². The van der Waals surface area contributed by atoms with E-state index in [2.05, 4.69) is 62.4 Å². The van der Waals surface area contributed by atoms with Gasteiger partial charge in [-0.1, -0.05) is 76.6 Å². The molecule has 2 aromatic rings. The van der Waals surface area contributed by atoms with Crippen molar-refractivity contribution in [3.63, 3.8) is 0 Å². The number of rotatable bonds is 13. The molecule has 0 bridgehead atoms. The molecule has 0 nitrogen and oxygen atoms in total. The van der Waals surface area contributed by atoms with Crippen molar-refractivity contribution in [2.45, 2.75) is 75.0 Å². The van der Waals surface area contributed by atoms with Crippen LogP contribution in [0.4, 0.5) is 0 Å². The van der Waals surface area contributed by atoms with Crippen LogP contribution in [-0.2, 0) is 0 Å². The Balaban J connectivity index is 1.77. The Hall–Kier alpha value is -0.860. The SMILES string of the molecule is CCCCCCSc1ccc(-c2ccc(SCCCCCC)cc2)cc1. The van der Waals surface area contributed by atoms with Gasteiger partial charge in [-0.15, -0.1) is 23.5 Å². The normalized spacial score (nSPS) is 11.0. The summed E-state index contributed by atoms with van der Waals surface area (Å²) in [7, 11) is 0. The summed E-state index contributed by atoms with van der Waals surface area (Å²) in [4.78, 5) is 2.79. The van der Waals surface area contributed by atoms with Crippen molar-refractivity contribution in [2.24, 2.45) is 0 Å². The van der Waals surface area contributed by atoms with E-state index in [-0.39, 0.29) is 0 Å². The molecule has 0 aliphatic heterocycles. The second-order valence-corrected chi connectivity index (χ2v) is 9.20. The number of thioether (sulfide) groups is 2. The van der Waals surface area contributed by atoms with Gasteiger partial charge in [0.25, 0.3) is 0 Å². The molecule has 0 unspecified atom stereocenters. The molecule has 0 amide bonds. The van der Waals surface area contributed by atoms with E-state index in [1.807, 2.05) is 23.5 Å². The Morgan fingerprint density at radius 1 is 0.500 bits per heavy atom. The highest BCUT2D eigenvalue weighted by atomic mass is 32.2. The van der Waals surface area contributed by atoms with Gasteiger partial charge in [-0.25, -0.2) is 0 Å². The van der Waals surface area contributed by atoms with E-state index in [1.165, 1.54) is 83.8 Å². The fourth-order valence-electron chi connectivity index (χ4n) is 2.92. The maximum Gasteiger partial charge on any atom is 0.00723 e. The van der Waals surface area contributed by atoms with Gasteiger partial charge in [0.15, 0.2) is 0 Å². The lowest BCUT2D eigenvalue weighted by Gasteiger charge is -2.06. The van der Waals surface area contributed by atoms with Crippen molar-refractivity contribution in [1.82, 2.24) is 0 Å². The predicted octanol–water partition coefficient (Wildman–Crippen LogP) is 8.70. The summed E-state index contributed by atoms with van der Waals surface area (Å²) in [6.45, 7) is 4.54. The lowest BCUT2D eigenvalue weighted by Crippen LogP contribution is -1.83. The zero-order valence-corrected chi connectivity index (χ0v) is 18.1. The van der Waals surface area contributed by atoms with Gasteiger partial charge in [0.1, 0.15) is 0 Å². The summed E-state index contributed by atoms with van der Waals surface area (Å²) in [6, 6.07) is 18.2. The van der Waals surface area contributed by atoms with Crippen LogP contribution in [0, 0.1) is 0 Å². The van der Waals surface area contributed by atoms with E-state index >= 15 is 0 Å². The third-order valence-electron chi connectivity index (χ3n) is 4.58. The van der Waals surface area contributed by atoms with Gasteiger partial charge >= 0.3 is 0 Å². The minimum Gasteiger partial charge on any atom is -0.126 e. The van der Waals surface area contributed by atoms with E-state index in [0.717, 1.165) is 0 Å². The highest BCUT2D eigenvalue weighted by Crippen LogP contribution is 2.27. The molecule has 0 N–H and O–H groups in total. The van der Waals surface area contributed by atoms with Gasteiger partial charge in [0.05, 0.1) is 0 Å². The molecule has 0 heterocycles. The first-order valence-corrected chi connectivity index (χ1v) is 12.3. The Morgan fingerprint density at radius 2 is 0.885 bits per heavy atom. The fraction of sp³-hybridized carbons (Fsp3) is 0.500. The van der Waals surface area contributed by atoms with Crippen LogP contribution in [0.2, 0.25) is 0 Å². The summed E-state index contributed by atoms with van der Waals surface area (Å²) in [5.41, 5.74) is 2.64. The Morgan fingerprint density at radius 3 is 1.23 bits per heavy atom. The topological polar surface area (TPSA) is 0 Å². The largest absolute Gasteiger partial charge is 0.126 e. The third-order valence-corrected chi connectivity index (χ3v) is 6.77. The van der Waals surface area contributed by atoms with Crippen LogP contribution in [0.15, 0.2) is 58.3 Å². The van der Waals surface area contributed by atoms with E-state index in [4.69, 9.17) is 0 Å². The first kappa shape index (κ1) is 21.4. The lowest BCUT2D eigenvalue weighted by molar-refractivity contribution is 0.706. The molecular formula is C24H34S2. The molecule has 0 saturated heterocycles. The minimum atomic E-state index is 1.24. The molecule has 0 aromatic heterocycles. The van der Waals surface area contributed by atoms with Crippen molar-refractivity contribution in [1.29, 1.82) is 0 Å². The monoisotopic (exact) mass is 386 g/mol. The third kappa shape index (κ3) is 8.22. The van der Waals surface area contributed by atoms with Gasteiger partial charge in [0.2, 0.25) is 0 Å². The standard InChI is InChI=1S/C24H34S2/c1-3-5-7-9-19-25-23-15-11-21(12-16-23)22-13-17-24(18-14-22)26-20-10-8-6-4-2/h11-18H,3-10,19-20H2,1-2H3. The Kier molecular flexibility index (Phi) is 11.0. The van der Waals surface area contributed by atoms with Crippen LogP contribution in [-0.4, -0.2) is 11.5 Å². The maximum absolute atomic E-state index is 2.27. The number of hydrogen-bond donors (Lipinski definition) is 0. The zero-order chi connectivity index (χ0) is 18.5. The molecule has 2 rings (SSSR count). The number of benzene rings is 2. The van der Waals surface area contributed by atoms with Gasteiger partial charge in [-0.2, -0.15) is 0 Å². The summed E-state index contributed by atoms with van der Waals surface area (Å²) in [5.74, 6) is 2.48.